The van der Waals surface area contributed by atoms with Crippen LogP contribution >= 0.6 is 27.5 Å². The Bertz CT molecular complexity index is 759. The van der Waals surface area contributed by atoms with Gasteiger partial charge < -0.3 is 4.74 Å². The molecule has 0 aliphatic rings. The molecular formula is C12H8BrClN4O. The van der Waals surface area contributed by atoms with Crippen molar-refractivity contribution in [3.8, 4) is 11.6 Å². The van der Waals surface area contributed by atoms with Crippen LogP contribution < -0.4 is 4.74 Å². The average molecular weight is 340 g/mol. The van der Waals surface area contributed by atoms with Crippen LogP contribution in [0.5, 0.6) is 11.6 Å². The molecule has 3 rings (SSSR count). The number of ether oxygens (including phenoxy) is 1. The fourth-order valence-corrected chi connectivity index (χ4v) is 2.32. The fourth-order valence-electron chi connectivity index (χ4n) is 1.67. The summed E-state index contributed by atoms with van der Waals surface area (Å²) < 4.78 is 8.32. The van der Waals surface area contributed by atoms with Gasteiger partial charge in [0.1, 0.15) is 17.2 Å². The molecule has 19 heavy (non-hydrogen) atoms. The Labute approximate surface area is 122 Å². The van der Waals surface area contributed by atoms with Crippen LogP contribution in [0.1, 0.15) is 5.56 Å². The summed E-state index contributed by atoms with van der Waals surface area (Å²) >= 11 is 9.34. The van der Waals surface area contributed by atoms with Crippen LogP contribution in [0.25, 0.3) is 5.78 Å². The molecule has 3 aromatic rings. The van der Waals surface area contributed by atoms with E-state index in [1.165, 1.54) is 10.8 Å². The van der Waals surface area contributed by atoms with Gasteiger partial charge in [0.25, 0.3) is 5.78 Å². The van der Waals surface area contributed by atoms with E-state index in [1.807, 2.05) is 25.1 Å². The molecule has 0 bridgehead atoms. The third-order valence-corrected chi connectivity index (χ3v) is 3.23. The van der Waals surface area contributed by atoms with Gasteiger partial charge in [-0.15, -0.1) is 0 Å². The van der Waals surface area contributed by atoms with Gasteiger partial charge in [-0.2, -0.15) is 19.6 Å². The van der Waals surface area contributed by atoms with Crippen molar-refractivity contribution in [2.24, 2.45) is 0 Å². The summed E-state index contributed by atoms with van der Waals surface area (Å²) in [6, 6.07) is 7.35. The van der Waals surface area contributed by atoms with Crippen LogP contribution in [0.2, 0.25) is 5.15 Å². The van der Waals surface area contributed by atoms with Gasteiger partial charge in [0.15, 0.2) is 0 Å². The lowest BCUT2D eigenvalue weighted by Crippen LogP contribution is -1.98. The molecule has 0 N–H and O–H groups in total. The number of nitrogens with zero attached hydrogens (tertiary/aromatic N) is 4. The monoisotopic (exact) mass is 338 g/mol. The molecule has 0 spiro atoms. The number of aryl methyl sites for hydroxylation is 1. The molecule has 2 heterocycles. The molecule has 2 aromatic heterocycles. The highest BCUT2D eigenvalue weighted by Gasteiger charge is 2.10. The zero-order chi connectivity index (χ0) is 13.4. The summed E-state index contributed by atoms with van der Waals surface area (Å²) in [5.41, 5.74) is 0.996. The van der Waals surface area contributed by atoms with Crippen molar-refractivity contribution >= 4 is 33.3 Å². The van der Waals surface area contributed by atoms with E-state index in [4.69, 9.17) is 16.3 Å². The van der Waals surface area contributed by atoms with E-state index >= 15 is 0 Å². The lowest BCUT2D eigenvalue weighted by molar-refractivity contribution is 0.443. The van der Waals surface area contributed by atoms with E-state index in [-0.39, 0.29) is 0 Å². The molecule has 0 aliphatic heterocycles. The van der Waals surface area contributed by atoms with Gasteiger partial charge >= 0.3 is 0 Å². The summed E-state index contributed by atoms with van der Waals surface area (Å²) in [6.07, 6.45) is 1.40. The van der Waals surface area contributed by atoms with Gasteiger partial charge in [-0.25, -0.2) is 0 Å². The molecule has 7 heteroatoms. The van der Waals surface area contributed by atoms with Crippen molar-refractivity contribution in [3.63, 3.8) is 0 Å². The largest absolute Gasteiger partial charge is 0.438 e. The van der Waals surface area contributed by atoms with Crippen LogP contribution in [-0.2, 0) is 0 Å². The summed E-state index contributed by atoms with van der Waals surface area (Å²) in [5, 5.41) is 4.36. The summed E-state index contributed by atoms with van der Waals surface area (Å²) in [6.45, 7) is 1.96. The number of hydrogen-bond acceptors (Lipinski definition) is 4. The molecule has 96 valence electrons. The van der Waals surface area contributed by atoms with Crippen molar-refractivity contribution in [3.05, 3.63) is 45.8 Å². The maximum atomic E-state index is 5.93. The molecule has 0 unspecified atom stereocenters. The molecule has 1 aromatic carbocycles. The molecule has 0 fully saturated rings. The molecule has 0 saturated carbocycles. The van der Waals surface area contributed by atoms with Gasteiger partial charge in [-0.3, -0.25) is 0 Å². The average Bonchev–Trinajstić information content (AvgIpc) is 2.80. The standard InChI is InChI=1S/C12H8BrClN4O/c1-7-4-8(13)2-3-9(7)19-11-5-10(14)17-12-15-6-16-18(11)12/h2-6H,1H3. The van der Waals surface area contributed by atoms with E-state index in [0.717, 1.165) is 15.8 Å². The lowest BCUT2D eigenvalue weighted by Gasteiger charge is -2.09. The van der Waals surface area contributed by atoms with Crippen LogP contribution in [0, 0.1) is 6.92 Å². The van der Waals surface area contributed by atoms with Crippen LogP contribution in [0.4, 0.5) is 0 Å². The number of halogens is 2. The zero-order valence-electron chi connectivity index (χ0n) is 9.84. The minimum Gasteiger partial charge on any atom is -0.438 e. The molecule has 0 radical (unpaired) electrons. The van der Waals surface area contributed by atoms with E-state index in [1.54, 1.807) is 6.07 Å². The Morgan fingerprint density at radius 3 is 2.95 bits per heavy atom. The van der Waals surface area contributed by atoms with E-state index in [2.05, 4.69) is 31.0 Å². The summed E-state index contributed by atoms with van der Waals surface area (Å²) in [5.74, 6) is 1.59. The first-order chi connectivity index (χ1) is 9.13. The van der Waals surface area contributed by atoms with Gasteiger partial charge in [0, 0.05) is 10.5 Å². The fraction of sp³-hybridized carbons (Fsp3) is 0.0833. The third kappa shape index (κ3) is 2.41. The number of benzene rings is 1. The summed E-state index contributed by atoms with van der Waals surface area (Å²) in [7, 11) is 0. The first-order valence-corrected chi connectivity index (χ1v) is 6.61. The Morgan fingerprint density at radius 1 is 1.32 bits per heavy atom. The lowest BCUT2D eigenvalue weighted by atomic mass is 10.2. The maximum Gasteiger partial charge on any atom is 0.256 e. The molecule has 5 nitrogen and oxygen atoms in total. The topological polar surface area (TPSA) is 52.3 Å². The highest BCUT2D eigenvalue weighted by Crippen LogP contribution is 2.28. The van der Waals surface area contributed by atoms with Gasteiger partial charge in [-0.1, -0.05) is 27.5 Å². The molecular weight excluding hydrogens is 332 g/mol. The second kappa shape index (κ2) is 4.79. The Kier molecular flexibility index (Phi) is 3.12. The summed E-state index contributed by atoms with van der Waals surface area (Å²) in [4.78, 5) is 8.03. The van der Waals surface area contributed by atoms with Crippen LogP contribution in [0.3, 0.4) is 0 Å². The molecule has 0 amide bonds. The maximum absolute atomic E-state index is 5.93. The molecule has 0 saturated heterocycles. The predicted molar refractivity (Wildman–Crippen MR) is 74.7 cm³/mol. The van der Waals surface area contributed by atoms with E-state index < -0.39 is 0 Å². The third-order valence-electron chi connectivity index (χ3n) is 2.54. The minimum absolute atomic E-state index is 0.310. The van der Waals surface area contributed by atoms with Crippen molar-refractivity contribution in [2.75, 3.05) is 0 Å². The molecule has 0 atom stereocenters. The first-order valence-electron chi connectivity index (χ1n) is 5.44. The van der Waals surface area contributed by atoms with Crippen molar-refractivity contribution in [1.82, 2.24) is 19.6 Å². The second-order valence-corrected chi connectivity index (χ2v) is 5.20. The normalized spacial score (nSPS) is 10.9. The number of rotatable bonds is 2. The quantitative estimate of drug-likeness (QED) is 0.669. The van der Waals surface area contributed by atoms with E-state index in [0.29, 0.717) is 16.8 Å². The van der Waals surface area contributed by atoms with Gasteiger partial charge in [-0.05, 0) is 30.7 Å². The van der Waals surface area contributed by atoms with Crippen LogP contribution in [0.15, 0.2) is 35.1 Å². The predicted octanol–water partition coefficient (Wildman–Crippen LogP) is 3.64. The van der Waals surface area contributed by atoms with Crippen molar-refractivity contribution in [1.29, 1.82) is 0 Å². The Morgan fingerprint density at radius 2 is 2.16 bits per heavy atom. The van der Waals surface area contributed by atoms with Gasteiger partial charge in [0.05, 0.1) is 0 Å². The zero-order valence-corrected chi connectivity index (χ0v) is 12.2. The van der Waals surface area contributed by atoms with Crippen molar-refractivity contribution < 1.29 is 4.74 Å². The molecule has 0 aliphatic carbocycles. The highest BCUT2D eigenvalue weighted by atomic mass is 79.9. The van der Waals surface area contributed by atoms with Gasteiger partial charge in [0.2, 0.25) is 5.88 Å². The highest BCUT2D eigenvalue weighted by molar-refractivity contribution is 9.10. The van der Waals surface area contributed by atoms with Crippen LogP contribution in [-0.4, -0.2) is 19.6 Å². The SMILES string of the molecule is Cc1cc(Br)ccc1Oc1cc(Cl)nc2ncnn12. The number of hydrogen-bond donors (Lipinski definition) is 0. The Hall–Kier alpha value is -1.66. The second-order valence-electron chi connectivity index (χ2n) is 3.90. The number of aromatic nitrogens is 4. The smallest absolute Gasteiger partial charge is 0.256 e. The number of fused-ring (bicyclic) bond motifs is 1. The Balaban J connectivity index is 2.07. The first kappa shape index (κ1) is 12.4. The van der Waals surface area contributed by atoms with E-state index in [9.17, 15) is 0 Å². The van der Waals surface area contributed by atoms with Crippen molar-refractivity contribution in [2.45, 2.75) is 6.92 Å². The minimum atomic E-state index is 0.310.